The number of carbonyl (C=O) groups excluding carboxylic acids is 1. The zero-order chi connectivity index (χ0) is 36.2. The summed E-state index contributed by atoms with van der Waals surface area (Å²) in [4.78, 5) is 15.5. The molecule has 0 fully saturated rings. The summed E-state index contributed by atoms with van der Waals surface area (Å²) in [5, 5.41) is 1.96. The molecule has 2 rings (SSSR count). The van der Waals surface area contributed by atoms with E-state index < -0.39 is 23.5 Å². The smallest absolute Gasteiger partial charge is 0.366 e. The average molecular weight is 665 g/mol. The second-order valence-electron chi connectivity index (χ2n) is 10.9. The molecule has 0 saturated carbocycles. The maximum absolute atomic E-state index is 12.5. The van der Waals surface area contributed by atoms with Crippen molar-refractivity contribution >= 4 is 24.3 Å². The highest BCUT2D eigenvalue weighted by atomic mass is 19.4. The molecule has 9 heteroatoms. The first-order chi connectivity index (χ1) is 22.0. The number of unbranched alkanes of at least 4 members (excludes halogenated alkanes) is 3. The van der Waals surface area contributed by atoms with E-state index in [4.69, 9.17) is 5.73 Å². The van der Waals surface area contributed by atoms with E-state index in [1.807, 2.05) is 36.4 Å². The van der Waals surface area contributed by atoms with Gasteiger partial charge in [0.25, 0.3) is 0 Å². The number of amides is 1. The zero-order valence-electron chi connectivity index (χ0n) is 28.7. The monoisotopic (exact) mass is 664 g/mol. The van der Waals surface area contributed by atoms with Crippen LogP contribution in [0.1, 0.15) is 96.8 Å². The minimum Gasteiger partial charge on any atom is -0.366 e. The number of primary amides is 1. The summed E-state index contributed by atoms with van der Waals surface area (Å²) in [5.74, 6) is 0.0144. The van der Waals surface area contributed by atoms with Crippen molar-refractivity contribution in [2.45, 2.75) is 92.4 Å². The van der Waals surface area contributed by atoms with Crippen LogP contribution < -0.4 is 16.2 Å². The van der Waals surface area contributed by atoms with E-state index in [1.165, 1.54) is 26.8 Å². The molecular weight excluding hydrogens is 614 g/mol. The number of allylic oxidation sites excluding steroid dienone is 4. The van der Waals surface area contributed by atoms with Gasteiger partial charge < -0.3 is 5.73 Å². The Labute approximate surface area is 276 Å². The van der Waals surface area contributed by atoms with Crippen molar-refractivity contribution in [3.8, 4) is 0 Å². The summed E-state index contributed by atoms with van der Waals surface area (Å²) in [6.45, 7) is 16.1. The molecule has 1 amide bonds. The molecular formula is C38H50F6N2O. The topological polar surface area (TPSA) is 55.5 Å². The van der Waals surface area contributed by atoms with Crippen molar-refractivity contribution in [2.24, 2.45) is 16.6 Å². The van der Waals surface area contributed by atoms with Crippen LogP contribution in [0, 0.1) is 5.92 Å². The van der Waals surface area contributed by atoms with Gasteiger partial charge in [0.15, 0.2) is 0 Å². The van der Waals surface area contributed by atoms with Crippen LogP contribution in [-0.4, -0.2) is 18.7 Å². The van der Waals surface area contributed by atoms with Crippen LogP contribution in [0.5, 0.6) is 0 Å². The van der Waals surface area contributed by atoms with Crippen LogP contribution in [0.25, 0.3) is 12.7 Å². The molecule has 260 valence electrons. The van der Waals surface area contributed by atoms with Crippen LogP contribution in [0.2, 0.25) is 0 Å². The Balaban J connectivity index is 0.000000782. The Hall–Kier alpha value is -3.88. The van der Waals surface area contributed by atoms with Gasteiger partial charge in [-0.2, -0.15) is 26.3 Å². The average Bonchev–Trinajstić information content (AvgIpc) is 3.01. The first-order valence-corrected chi connectivity index (χ1v) is 15.8. The molecule has 3 nitrogen and oxygen atoms in total. The lowest BCUT2D eigenvalue weighted by atomic mass is 9.96. The van der Waals surface area contributed by atoms with Crippen molar-refractivity contribution in [2.75, 3.05) is 7.05 Å². The highest BCUT2D eigenvalue weighted by Gasteiger charge is 2.37. The van der Waals surface area contributed by atoms with Gasteiger partial charge in [-0.15, -0.1) is 0 Å². The van der Waals surface area contributed by atoms with E-state index in [-0.39, 0.29) is 23.2 Å². The fourth-order valence-corrected chi connectivity index (χ4v) is 3.92. The zero-order valence-corrected chi connectivity index (χ0v) is 28.7. The normalized spacial score (nSPS) is 13.9. The first kappa shape index (κ1) is 43.1. The van der Waals surface area contributed by atoms with Gasteiger partial charge >= 0.3 is 12.4 Å². The number of carbonyl (C=O) groups is 1. The molecule has 0 saturated heterocycles. The van der Waals surface area contributed by atoms with Crippen LogP contribution >= 0.6 is 0 Å². The number of aliphatic imine (C=N–C) groups is 1. The maximum Gasteiger partial charge on any atom is 0.416 e. The Bertz CT molecular complexity index is 1450. The van der Waals surface area contributed by atoms with Gasteiger partial charge in [-0.05, 0) is 78.5 Å². The Morgan fingerprint density at radius 3 is 1.94 bits per heavy atom. The fraction of sp³-hybridized carbons (Fsp3) is 0.421. The molecule has 0 heterocycles. The van der Waals surface area contributed by atoms with E-state index in [2.05, 4.69) is 64.4 Å². The molecule has 0 aliphatic heterocycles. The number of alkyl halides is 6. The van der Waals surface area contributed by atoms with Crippen molar-refractivity contribution in [3.63, 3.8) is 0 Å². The Morgan fingerprint density at radius 1 is 0.957 bits per heavy atom. The van der Waals surface area contributed by atoms with Gasteiger partial charge in [-0.25, -0.2) is 0 Å². The summed E-state index contributed by atoms with van der Waals surface area (Å²) in [5.41, 5.74) is 4.39. The lowest BCUT2D eigenvalue weighted by Gasteiger charge is -2.14. The predicted octanol–water partition coefficient (Wildman–Crippen LogP) is 9.98. The quantitative estimate of drug-likeness (QED) is 0.0638. The van der Waals surface area contributed by atoms with E-state index >= 15 is 0 Å². The maximum atomic E-state index is 12.5. The third-order valence-electron chi connectivity index (χ3n) is 6.99. The molecule has 2 aromatic rings. The third-order valence-corrected chi connectivity index (χ3v) is 6.99. The first-order valence-electron chi connectivity index (χ1n) is 15.8. The molecule has 0 spiro atoms. The van der Waals surface area contributed by atoms with Gasteiger partial charge in [0.1, 0.15) is 0 Å². The Kier molecular flexibility index (Phi) is 20.0. The van der Waals surface area contributed by atoms with Crippen LogP contribution in [0.3, 0.4) is 0 Å². The van der Waals surface area contributed by atoms with E-state index in [1.54, 1.807) is 0 Å². The molecule has 47 heavy (non-hydrogen) atoms. The highest BCUT2D eigenvalue weighted by Crippen LogP contribution is 2.36. The SMILES string of the molecule is C/C=C/CCC.C=c1cccc/c1=C/C(=C\[C@H](C)CC)C(=C\CCCC)/C(N)=O.CN=C(C)c1cc(C(F)(F)F)cc(C(F)(F)F)c1. The summed E-state index contributed by atoms with van der Waals surface area (Å²) >= 11 is 0. The van der Waals surface area contributed by atoms with Crippen LogP contribution in [-0.2, 0) is 17.1 Å². The fourth-order valence-electron chi connectivity index (χ4n) is 3.92. The van der Waals surface area contributed by atoms with Gasteiger partial charge in [-0.1, -0.05) is 109 Å². The van der Waals surface area contributed by atoms with E-state index in [0.29, 0.717) is 23.6 Å². The van der Waals surface area contributed by atoms with Crippen LogP contribution in [0.4, 0.5) is 26.3 Å². The molecule has 0 aromatic heterocycles. The van der Waals surface area contributed by atoms with Crippen molar-refractivity contribution in [1.29, 1.82) is 0 Å². The molecule has 0 aliphatic carbocycles. The van der Waals surface area contributed by atoms with Gasteiger partial charge in [0.2, 0.25) is 5.91 Å². The second-order valence-corrected chi connectivity index (χ2v) is 10.9. The number of halogens is 6. The third kappa shape index (κ3) is 17.0. The second kappa shape index (κ2) is 21.8. The lowest BCUT2D eigenvalue weighted by Crippen LogP contribution is -2.23. The standard InChI is InChI=1S/C21H29NO.C11H9F6N.C6H12/c1-5-7-8-13-20(21(22)23)19(14-16(3)6-2)15-18-12-10-9-11-17(18)4;1-6(18-2)7-3-8(10(12,13)14)5-9(4-7)11(15,16)17;1-3-5-6-4-2/h9-16H,4-8H2,1-3H3,(H2,22,23);3-5H,1-2H3;3,5H,4,6H2,1-2H3/b18-15-,19-14+,20-13+;;5-3+/t16-;;/m1../s1. The number of benzene rings is 2. The molecule has 0 bridgehead atoms. The summed E-state index contributed by atoms with van der Waals surface area (Å²) in [6.07, 6.45) is 7.28. The molecule has 2 aromatic carbocycles. The van der Waals surface area contributed by atoms with E-state index in [0.717, 1.165) is 41.7 Å². The number of nitrogens with two attached hydrogens (primary N) is 1. The van der Waals surface area contributed by atoms with Gasteiger partial charge in [0, 0.05) is 18.3 Å². The number of nitrogens with zero attached hydrogens (tertiary/aromatic N) is 1. The summed E-state index contributed by atoms with van der Waals surface area (Å²) in [6, 6.07) is 9.31. The largest absolute Gasteiger partial charge is 0.416 e. The Morgan fingerprint density at radius 2 is 1.53 bits per heavy atom. The molecule has 2 N–H and O–H groups in total. The van der Waals surface area contributed by atoms with E-state index in [9.17, 15) is 31.1 Å². The summed E-state index contributed by atoms with van der Waals surface area (Å²) < 4.78 is 75.0. The summed E-state index contributed by atoms with van der Waals surface area (Å²) in [7, 11) is 1.29. The highest BCUT2D eigenvalue weighted by molar-refractivity contribution is 5.99. The minimum absolute atomic E-state index is 0.0897. The lowest BCUT2D eigenvalue weighted by molar-refractivity contribution is -0.143. The van der Waals surface area contributed by atoms with Crippen molar-refractivity contribution in [3.05, 3.63) is 105 Å². The number of hydrogen-bond donors (Lipinski definition) is 1. The minimum atomic E-state index is -4.83. The molecule has 0 unspecified atom stereocenters. The van der Waals surface area contributed by atoms with Gasteiger partial charge in [0.05, 0.1) is 11.1 Å². The van der Waals surface area contributed by atoms with Gasteiger partial charge in [-0.3, -0.25) is 9.79 Å². The van der Waals surface area contributed by atoms with Crippen molar-refractivity contribution < 1.29 is 31.1 Å². The van der Waals surface area contributed by atoms with Crippen molar-refractivity contribution in [1.82, 2.24) is 0 Å². The number of hydrogen-bond acceptors (Lipinski definition) is 2. The molecule has 0 radical (unpaired) electrons. The molecule has 0 aliphatic rings. The number of rotatable bonds is 11. The predicted molar refractivity (Wildman–Crippen MR) is 184 cm³/mol. The molecule has 1 atom stereocenters. The van der Waals surface area contributed by atoms with Crippen LogP contribution in [0.15, 0.2) is 82.9 Å².